The van der Waals surface area contributed by atoms with Gasteiger partial charge in [0, 0.05) is 18.0 Å². The second kappa shape index (κ2) is 3.38. The summed E-state index contributed by atoms with van der Waals surface area (Å²) in [6.45, 7) is 2.56. The minimum atomic E-state index is -0.442. The fraction of sp³-hybridized carbons (Fsp3) is 0.400. The van der Waals surface area contributed by atoms with Crippen LogP contribution in [0.2, 0.25) is 0 Å². The zero-order valence-corrected chi connectivity index (χ0v) is 7.99. The van der Waals surface area contributed by atoms with E-state index in [0.29, 0.717) is 6.54 Å². The van der Waals surface area contributed by atoms with E-state index in [0.717, 1.165) is 5.56 Å². The summed E-state index contributed by atoms with van der Waals surface area (Å²) < 4.78 is 5.51. The van der Waals surface area contributed by atoms with Crippen LogP contribution < -0.4 is 5.32 Å². The lowest BCUT2D eigenvalue weighted by molar-refractivity contribution is -0.142. The first-order valence-electron chi connectivity index (χ1n) is 4.52. The van der Waals surface area contributed by atoms with Crippen LogP contribution in [-0.4, -0.2) is 24.0 Å². The van der Waals surface area contributed by atoms with Crippen molar-refractivity contribution >= 4 is 5.91 Å². The van der Waals surface area contributed by atoms with Crippen LogP contribution in [-0.2, 0) is 15.1 Å². The Bertz CT molecular complexity index is 327. The third kappa shape index (κ3) is 1.61. The summed E-state index contributed by atoms with van der Waals surface area (Å²) in [6.07, 6.45) is 3.48. The van der Waals surface area contributed by atoms with Crippen molar-refractivity contribution in [3.63, 3.8) is 0 Å². The summed E-state index contributed by atoms with van der Waals surface area (Å²) in [6, 6.07) is 3.81. The lowest BCUT2D eigenvalue weighted by Gasteiger charge is -2.33. The molecule has 74 valence electrons. The molecule has 14 heavy (non-hydrogen) atoms. The average Bonchev–Trinajstić information content (AvgIpc) is 2.24. The third-order valence-electron chi connectivity index (χ3n) is 2.42. The van der Waals surface area contributed by atoms with Crippen LogP contribution in [0.5, 0.6) is 0 Å². The van der Waals surface area contributed by atoms with E-state index in [-0.39, 0.29) is 12.5 Å². The van der Waals surface area contributed by atoms with E-state index in [9.17, 15) is 4.79 Å². The fourth-order valence-electron chi connectivity index (χ4n) is 1.46. The normalized spacial score (nSPS) is 27.1. The first-order chi connectivity index (χ1) is 6.71. The molecule has 2 heterocycles. The molecule has 0 bridgehead atoms. The van der Waals surface area contributed by atoms with E-state index in [4.69, 9.17) is 4.74 Å². The highest BCUT2D eigenvalue weighted by Gasteiger charge is 2.32. The maximum atomic E-state index is 10.9. The topological polar surface area (TPSA) is 51.2 Å². The molecule has 1 unspecified atom stereocenters. The molecule has 0 aromatic carbocycles. The molecular formula is C10H12N2O2. The van der Waals surface area contributed by atoms with E-state index >= 15 is 0 Å². The van der Waals surface area contributed by atoms with Crippen LogP contribution in [0.1, 0.15) is 12.5 Å². The minimum Gasteiger partial charge on any atom is -0.359 e. The molecule has 0 radical (unpaired) electrons. The van der Waals surface area contributed by atoms with Gasteiger partial charge in [0.05, 0.1) is 6.54 Å². The summed E-state index contributed by atoms with van der Waals surface area (Å²) in [7, 11) is 0. The third-order valence-corrected chi connectivity index (χ3v) is 2.42. The highest BCUT2D eigenvalue weighted by molar-refractivity contribution is 5.78. The van der Waals surface area contributed by atoms with E-state index < -0.39 is 5.60 Å². The highest BCUT2D eigenvalue weighted by atomic mass is 16.5. The van der Waals surface area contributed by atoms with Gasteiger partial charge in [-0.05, 0) is 13.0 Å². The van der Waals surface area contributed by atoms with Crippen molar-refractivity contribution in [1.82, 2.24) is 10.3 Å². The molecule has 4 nitrogen and oxygen atoms in total. The van der Waals surface area contributed by atoms with Crippen molar-refractivity contribution < 1.29 is 9.53 Å². The van der Waals surface area contributed by atoms with E-state index in [1.807, 2.05) is 19.1 Å². The molecule has 1 N–H and O–H groups in total. The average molecular weight is 192 g/mol. The number of nitrogens with zero attached hydrogens (tertiary/aromatic N) is 1. The lowest BCUT2D eigenvalue weighted by atomic mass is 9.96. The van der Waals surface area contributed by atoms with Crippen molar-refractivity contribution in [2.75, 3.05) is 13.2 Å². The number of ether oxygens (including phenoxy) is 1. The number of carbonyl (C=O) groups is 1. The van der Waals surface area contributed by atoms with Gasteiger partial charge in [0.15, 0.2) is 0 Å². The van der Waals surface area contributed by atoms with Gasteiger partial charge in [0.1, 0.15) is 12.2 Å². The van der Waals surface area contributed by atoms with Crippen molar-refractivity contribution in [2.45, 2.75) is 12.5 Å². The van der Waals surface area contributed by atoms with Gasteiger partial charge in [-0.1, -0.05) is 6.07 Å². The van der Waals surface area contributed by atoms with Gasteiger partial charge in [-0.3, -0.25) is 9.78 Å². The predicted octanol–water partition coefficient (Wildman–Crippen LogP) is 0.443. The number of aromatic nitrogens is 1. The van der Waals surface area contributed by atoms with Gasteiger partial charge in [-0.25, -0.2) is 0 Å². The molecule has 1 saturated heterocycles. The number of carbonyl (C=O) groups excluding carboxylic acids is 1. The summed E-state index contributed by atoms with van der Waals surface area (Å²) >= 11 is 0. The van der Waals surface area contributed by atoms with Crippen LogP contribution in [0.4, 0.5) is 0 Å². The van der Waals surface area contributed by atoms with Gasteiger partial charge in [-0.15, -0.1) is 0 Å². The van der Waals surface area contributed by atoms with Gasteiger partial charge in [0.25, 0.3) is 0 Å². The number of hydrogen-bond acceptors (Lipinski definition) is 3. The monoisotopic (exact) mass is 192 g/mol. The van der Waals surface area contributed by atoms with Crippen molar-refractivity contribution in [2.24, 2.45) is 0 Å². The zero-order valence-electron chi connectivity index (χ0n) is 7.99. The maximum Gasteiger partial charge on any atom is 0.246 e. The first-order valence-corrected chi connectivity index (χ1v) is 4.52. The Morgan fingerprint density at radius 2 is 2.50 bits per heavy atom. The van der Waals surface area contributed by atoms with Crippen LogP contribution in [0.25, 0.3) is 0 Å². The Morgan fingerprint density at radius 3 is 3.07 bits per heavy atom. The van der Waals surface area contributed by atoms with Crippen molar-refractivity contribution in [1.29, 1.82) is 0 Å². The largest absolute Gasteiger partial charge is 0.359 e. The molecule has 1 amide bonds. The number of rotatable bonds is 1. The van der Waals surface area contributed by atoms with E-state index in [2.05, 4.69) is 10.3 Å². The smallest absolute Gasteiger partial charge is 0.246 e. The molecule has 1 aromatic rings. The minimum absolute atomic E-state index is 0.0636. The number of pyridine rings is 1. The number of hydrogen-bond donors (Lipinski definition) is 1. The molecule has 2 rings (SSSR count). The number of amides is 1. The Morgan fingerprint density at radius 1 is 1.64 bits per heavy atom. The van der Waals surface area contributed by atoms with Crippen molar-refractivity contribution in [3.8, 4) is 0 Å². The molecular weight excluding hydrogens is 180 g/mol. The predicted molar refractivity (Wildman–Crippen MR) is 50.6 cm³/mol. The molecule has 4 heteroatoms. The van der Waals surface area contributed by atoms with Gasteiger partial charge >= 0.3 is 0 Å². The first kappa shape index (κ1) is 9.15. The van der Waals surface area contributed by atoms with Gasteiger partial charge in [0.2, 0.25) is 5.91 Å². The van der Waals surface area contributed by atoms with E-state index in [1.165, 1.54) is 0 Å². The van der Waals surface area contributed by atoms with Crippen molar-refractivity contribution in [3.05, 3.63) is 30.1 Å². The molecule has 0 aliphatic carbocycles. The quantitative estimate of drug-likeness (QED) is 0.702. The Labute approximate surface area is 82.3 Å². The fourth-order valence-corrected chi connectivity index (χ4v) is 1.46. The second-order valence-electron chi connectivity index (χ2n) is 3.54. The molecule has 0 saturated carbocycles. The Hall–Kier alpha value is -1.42. The Balaban J connectivity index is 2.21. The Kier molecular flexibility index (Phi) is 2.21. The summed E-state index contributed by atoms with van der Waals surface area (Å²) in [5.41, 5.74) is 0.544. The zero-order chi connectivity index (χ0) is 10.0. The SMILES string of the molecule is CC1(c2cccnc2)CNC(=O)CO1. The molecule has 1 aromatic heterocycles. The number of nitrogens with one attached hydrogen (secondary N) is 1. The molecule has 1 aliphatic heterocycles. The van der Waals surface area contributed by atoms with E-state index in [1.54, 1.807) is 12.4 Å². The number of morpholine rings is 1. The molecule has 0 spiro atoms. The lowest BCUT2D eigenvalue weighted by Crippen LogP contribution is -2.48. The summed E-state index contributed by atoms with van der Waals surface area (Å²) in [4.78, 5) is 15.0. The highest BCUT2D eigenvalue weighted by Crippen LogP contribution is 2.25. The summed E-state index contributed by atoms with van der Waals surface area (Å²) in [5.74, 6) is -0.0636. The molecule has 1 fully saturated rings. The van der Waals surface area contributed by atoms with Crippen LogP contribution in [0.3, 0.4) is 0 Å². The molecule has 1 aliphatic rings. The van der Waals surface area contributed by atoms with Crippen LogP contribution in [0.15, 0.2) is 24.5 Å². The maximum absolute atomic E-state index is 10.9. The van der Waals surface area contributed by atoms with Gasteiger partial charge in [-0.2, -0.15) is 0 Å². The standard InChI is InChI=1S/C10H12N2O2/c1-10(7-12-9(13)6-14-10)8-3-2-4-11-5-8/h2-5H,6-7H2,1H3,(H,12,13). The van der Waals surface area contributed by atoms with Crippen LogP contribution in [0, 0.1) is 0 Å². The summed E-state index contributed by atoms with van der Waals surface area (Å²) in [5, 5.41) is 2.78. The van der Waals surface area contributed by atoms with Gasteiger partial charge < -0.3 is 10.1 Å². The second-order valence-corrected chi connectivity index (χ2v) is 3.54. The van der Waals surface area contributed by atoms with Crippen LogP contribution >= 0.6 is 0 Å². The molecule has 1 atom stereocenters.